The van der Waals surface area contributed by atoms with Crippen LogP contribution in [-0.2, 0) is 19.5 Å². The Hall–Kier alpha value is -1.15. The summed E-state index contributed by atoms with van der Waals surface area (Å²) in [6.45, 7) is 5.21. The number of nitrogens with two attached hydrogens (primary N) is 1. The van der Waals surface area contributed by atoms with E-state index in [-0.39, 0.29) is 23.2 Å². The molecule has 0 bridgehead atoms. The van der Waals surface area contributed by atoms with Gasteiger partial charge in [-0.2, -0.15) is 0 Å². The van der Waals surface area contributed by atoms with E-state index in [0.29, 0.717) is 25.4 Å². The van der Waals surface area contributed by atoms with Gasteiger partial charge in [-0.3, -0.25) is 0 Å². The van der Waals surface area contributed by atoms with E-state index in [4.69, 9.17) is 15.2 Å². The second kappa shape index (κ2) is 6.09. The molecule has 0 spiro atoms. The van der Waals surface area contributed by atoms with Gasteiger partial charge in [0.1, 0.15) is 4.90 Å². The minimum absolute atomic E-state index is 0.147. The van der Waals surface area contributed by atoms with Gasteiger partial charge in [0.2, 0.25) is 10.0 Å². The van der Waals surface area contributed by atoms with Crippen molar-refractivity contribution in [1.29, 1.82) is 0 Å². The lowest BCUT2D eigenvalue weighted by molar-refractivity contribution is -0.0846. The molecule has 1 heterocycles. The molecule has 112 valence electrons. The number of hydrogen-bond acceptors (Lipinski definition) is 5. The Morgan fingerprint density at radius 3 is 2.75 bits per heavy atom. The molecule has 0 aromatic heterocycles. The molecule has 1 atom stereocenters. The summed E-state index contributed by atoms with van der Waals surface area (Å²) in [5, 5.41) is 0. The first-order valence-corrected chi connectivity index (χ1v) is 7.95. The van der Waals surface area contributed by atoms with Gasteiger partial charge in [-0.15, -0.1) is 0 Å². The molecule has 0 amide bonds. The first-order chi connectivity index (χ1) is 9.42. The van der Waals surface area contributed by atoms with Crippen molar-refractivity contribution in [3.63, 3.8) is 0 Å². The Bertz CT molecular complexity index is 580. The zero-order valence-corrected chi connectivity index (χ0v) is 12.5. The molecule has 1 unspecified atom stereocenters. The lowest BCUT2D eigenvalue weighted by Crippen LogP contribution is -2.40. The SMILES string of the molecule is Cc1ccc(N)c(S(=O)(=O)NCC2COCCO2)c1C. The summed E-state index contributed by atoms with van der Waals surface area (Å²) in [5.41, 5.74) is 7.61. The van der Waals surface area contributed by atoms with Gasteiger partial charge in [-0.25, -0.2) is 13.1 Å². The predicted molar refractivity (Wildman–Crippen MR) is 76.1 cm³/mol. The molecule has 0 radical (unpaired) electrons. The zero-order valence-electron chi connectivity index (χ0n) is 11.7. The minimum atomic E-state index is -3.65. The molecule has 1 aliphatic heterocycles. The number of benzene rings is 1. The summed E-state index contributed by atoms with van der Waals surface area (Å²) in [7, 11) is -3.65. The van der Waals surface area contributed by atoms with Crippen LogP contribution < -0.4 is 10.5 Å². The van der Waals surface area contributed by atoms with Gasteiger partial charge >= 0.3 is 0 Å². The molecular formula is C13H20N2O4S. The Balaban J connectivity index is 2.16. The molecule has 2 rings (SSSR count). The highest BCUT2D eigenvalue weighted by atomic mass is 32.2. The molecule has 1 aromatic rings. The van der Waals surface area contributed by atoms with Gasteiger partial charge in [0, 0.05) is 6.54 Å². The third kappa shape index (κ3) is 3.29. The monoisotopic (exact) mass is 300 g/mol. The topological polar surface area (TPSA) is 90.7 Å². The van der Waals surface area contributed by atoms with Crippen molar-refractivity contribution in [2.45, 2.75) is 24.8 Å². The number of rotatable bonds is 4. The van der Waals surface area contributed by atoms with Gasteiger partial charge in [0.25, 0.3) is 0 Å². The van der Waals surface area contributed by atoms with E-state index in [9.17, 15) is 8.42 Å². The third-order valence-corrected chi connectivity index (χ3v) is 4.99. The average molecular weight is 300 g/mol. The number of ether oxygens (including phenoxy) is 2. The van der Waals surface area contributed by atoms with Crippen LogP contribution in [0.25, 0.3) is 0 Å². The molecule has 1 saturated heterocycles. The maximum absolute atomic E-state index is 12.4. The highest BCUT2D eigenvalue weighted by Gasteiger charge is 2.23. The Morgan fingerprint density at radius 1 is 1.35 bits per heavy atom. The van der Waals surface area contributed by atoms with E-state index in [1.165, 1.54) is 0 Å². The molecule has 6 nitrogen and oxygen atoms in total. The van der Waals surface area contributed by atoms with Crippen molar-refractivity contribution in [2.75, 3.05) is 32.1 Å². The molecular weight excluding hydrogens is 280 g/mol. The van der Waals surface area contributed by atoms with Crippen molar-refractivity contribution in [2.24, 2.45) is 0 Å². The Morgan fingerprint density at radius 2 is 2.10 bits per heavy atom. The molecule has 0 aliphatic carbocycles. The Labute approximate surface area is 119 Å². The van der Waals surface area contributed by atoms with Crippen LogP contribution in [-0.4, -0.2) is 40.9 Å². The molecule has 7 heteroatoms. The maximum atomic E-state index is 12.4. The van der Waals surface area contributed by atoms with E-state index in [1.54, 1.807) is 13.0 Å². The van der Waals surface area contributed by atoms with Gasteiger partial charge in [-0.05, 0) is 31.0 Å². The smallest absolute Gasteiger partial charge is 0.242 e. The number of sulfonamides is 1. The number of nitrogen functional groups attached to an aromatic ring is 1. The number of nitrogens with one attached hydrogen (secondary N) is 1. The Kier molecular flexibility index (Phi) is 4.64. The van der Waals surface area contributed by atoms with Crippen LogP contribution >= 0.6 is 0 Å². The summed E-state index contributed by atoms with van der Waals surface area (Å²) in [6, 6.07) is 3.42. The van der Waals surface area contributed by atoms with Crippen LogP contribution in [0.5, 0.6) is 0 Å². The van der Waals surface area contributed by atoms with Crippen LogP contribution in [0.1, 0.15) is 11.1 Å². The molecule has 1 fully saturated rings. The first-order valence-electron chi connectivity index (χ1n) is 6.46. The van der Waals surface area contributed by atoms with Crippen molar-refractivity contribution in [3.05, 3.63) is 23.3 Å². The highest BCUT2D eigenvalue weighted by Crippen LogP contribution is 2.25. The summed E-state index contributed by atoms with van der Waals surface area (Å²) >= 11 is 0. The number of aryl methyl sites for hydroxylation is 1. The van der Waals surface area contributed by atoms with E-state index in [2.05, 4.69) is 4.72 Å². The van der Waals surface area contributed by atoms with E-state index in [0.717, 1.165) is 5.56 Å². The summed E-state index contributed by atoms with van der Waals surface area (Å²) in [6.07, 6.45) is -0.259. The molecule has 20 heavy (non-hydrogen) atoms. The second-order valence-corrected chi connectivity index (χ2v) is 6.55. The van der Waals surface area contributed by atoms with E-state index < -0.39 is 10.0 Å². The zero-order chi connectivity index (χ0) is 14.8. The highest BCUT2D eigenvalue weighted by molar-refractivity contribution is 7.89. The number of anilines is 1. The maximum Gasteiger partial charge on any atom is 0.242 e. The normalized spacial score (nSPS) is 20.0. The summed E-state index contributed by atoms with van der Waals surface area (Å²) in [4.78, 5) is 0.147. The quantitative estimate of drug-likeness (QED) is 0.794. The van der Waals surface area contributed by atoms with Crippen LogP contribution in [0.2, 0.25) is 0 Å². The first kappa shape index (κ1) is 15.2. The summed E-state index contributed by atoms with van der Waals surface area (Å²) in [5.74, 6) is 0. The van der Waals surface area contributed by atoms with Crippen LogP contribution in [0.15, 0.2) is 17.0 Å². The van der Waals surface area contributed by atoms with E-state index >= 15 is 0 Å². The van der Waals surface area contributed by atoms with Gasteiger partial charge in [0.05, 0.1) is 31.6 Å². The van der Waals surface area contributed by atoms with Crippen LogP contribution in [0.4, 0.5) is 5.69 Å². The van der Waals surface area contributed by atoms with Gasteiger partial charge in [-0.1, -0.05) is 6.07 Å². The molecule has 1 aromatic carbocycles. The van der Waals surface area contributed by atoms with Crippen molar-refractivity contribution in [3.8, 4) is 0 Å². The van der Waals surface area contributed by atoms with Crippen LogP contribution in [0.3, 0.4) is 0 Å². The average Bonchev–Trinajstić information content (AvgIpc) is 2.42. The van der Waals surface area contributed by atoms with Crippen LogP contribution in [0, 0.1) is 13.8 Å². The molecule has 1 aliphatic rings. The molecule has 3 N–H and O–H groups in total. The third-order valence-electron chi connectivity index (χ3n) is 3.36. The van der Waals surface area contributed by atoms with Crippen molar-refractivity contribution in [1.82, 2.24) is 4.72 Å². The molecule has 0 saturated carbocycles. The van der Waals surface area contributed by atoms with Crippen molar-refractivity contribution < 1.29 is 17.9 Å². The largest absolute Gasteiger partial charge is 0.398 e. The fourth-order valence-corrected chi connectivity index (χ4v) is 3.59. The lowest BCUT2D eigenvalue weighted by Gasteiger charge is -2.23. The van der Waals surface area contributed by atoms with Crippen molar-refractivity contribution >= 4 is 15.7 Å². The van der Waals surface area contributed by atoms with Gasteiger partial charge < -0.3 is 15.2 Å². The lowest BCUT2D eigenvalue weighted by atomic mass is 10.1. The standard InChI is InChI=1S/C13H20N2O4S/c1-9-3-4-12(14)13(10(9)2)20(16,17)15-7-11-8-18-5-6-19-11/h3-4,11,15H,5-8,14H2,1-2H3. The predicted octanol–water partition coefficient (Wildman–Crippen LogP) is 0.579. The van der Waals surface area contributed by atoms with E-state index in [1.807, 2.05) is 13.0 Å². The minimum Gasteiger partial charge on any atom is -0.398 e. The number of hydrogen-bond donors (Lipinski definition) is 2. The fraction of sp³-hybridized carbons (Fsp3) is 0.538. The second-order valence-electron chi connectivity index (χ2n) is 4.85. The fourth-order valence-electron chi connectivity index (χ4n) is 2.10. The summed E-state index contributed by atoms with van der Waals surface area (Å²) < 4.78 is 37.9. The van der Waals surface area contributed by atoms with Gasteiger partial charge in [0.15, 0.2) is 0 Å².